The van der Waals surface area contributed by atoms with E-state index >= 15 is 0 Å². The van der Waals surface area contributed by atoms with Crippen molar-refractivity contribution in [3.63, 3.8) is 0 Å². The van der Waals surface area contributed by atoms with Crippen LogP contribution in [0.1, 0.15) is 22.6 Å². The van der Waals surface area contributed by atoms with Crippen molar-refractivity contribution in [2.75, 3.05) is 26.0 Å². The molecular weight excluding hydrogens is 585 g/mol. The zero-order chi connectivity index (χ0) is 26.5. The molecule has 11 heteroatoms. The van der Waals surface area contributed by atoms with Gasteiger partial charge in [0.25, 0.3) is 11.9 Å². The molecule has 0 aromatic heterocycles. The van der Waals surface area contributed by atoms with Crippen LogP contribution in [0.3, 0.4) is 0 Å². The number of halogens is 3. The lowest BCUT2D eigenvalue weighted by Crippen LogP contribution is -2.54. The van der Waals surface area contributed by atoms with Crippen LogP contribution in [-0.4, -0.2) is 42.5 Å². The Morgan fingerprint density at radius 3 is 2.65 bits per heavy atom. The largest absolute Gasteiger partial charge is 0.493 e. The van der Waals surface area contributed by atoms with Crippen molar-refractivity contribution in [3.05, 3.63) is 95.9 Å². The number of fused-ring (bicyclic) bond motifs is 2. The third-order valence-electron chi connectivity index (χ3n) is 7.09. The summed E-state index contributed by atoms with van der Waals surface area (Å²) in [6.45, 7) is 0.501. The lowest BCUT2D eigenvalue weighted by molar-refractivity contribution is -0.534. The first-order chi connectivity index (χ1) is 17.7. The minimum atomic E-state index is -1.42. The number of nitrogens with one attached hydrogen (secondary N) is 1. The van der Waals surface area contributed by atoms with E-state index in [1.807, 2.05) is 6.07 Å². The summed E-state index contributed by atoms with van der Waals surface area (Å²) >= 11 is 15.7. The van der Waals surface area contributed by atoms with Crippen molar-refractivity contribution in [3.8, 4) is 11.5 Å². The number of methoxy groups -OCH3 is 1. The molecule has 2 aliphatic heterocycles. The Bertz CT molecular complexity index is 1420. The molecule has 1 fully saturated rings. The zero-order valence-corrected chi connectivity index (χ0v) is 22.9. The molecule has 1 spiro atoms. The number of carbonyl (C=O) groups excluding carboxylic acids is 1. The maximum absolute atomic E-state index is 13.3. The third kappa shape index (κ3) is 4.14. The number of nitrogens with zero attached hydrogens (tertiary/aromatic N) is 2. The molecule has 1 saturated heterocycles. The minimum absolute atomic E-state index is 0.203. The van der Waals surface area contributed by atoms with Gasteiger partial charge in [-0.25, -0.2) is 0 Å². The molecule has 0 saturated carbocycles. The van der Waals surface area contributed by atoms with E-state index in [1.165, 1.54) is 7.11 Å². The van der Waals surface area contributed by atoms with Gasteiger partial charge >= 0.3 is 0 Å². The van der Waals surface area contributed by atoms with Crippen molar-refractivity contribution in [1.29, 1.82) is 0 Å². The van der Waals surface area contributed by atoms with Crippen molar-refractivity contribution >= 4 is 50.7 Å². The van der Waals surface area contributed by atoms with Gasteiger partial charge in [0, 0.05) is 22.7 Å². The lowest BCUT2D eigenvalue weighted by Gasteiger charge is -2.30. The average molecular weight is 607 g/mol. The maximum Gasteiger partial charge on any atom is 0.256 e. The third-order valence-corrected chi connectivity index (χ3v) is 8.42. The Morgan fingerprint density at radius 2 is 1.95 bits per heavy atom. The number of anilines is 1. The molecule has 0 aliphatic carbocycles. The number of rotatable bonds is 6. The summed E-state index contributed by atoms with van der Waals surface area (Å²) in [5.41, 5.74) is 1.25. The monoisotopic (exact) mass is 605 g/mol. The van der Waals surface area contributed by atoms with E-state index in [4.69, 9.17) is 32.7 Å². The molecule has 2 aliphatic rings. The Balaban J connectivity index is 1.51. The molecule has 1 amide bonds. The number of hydrogen-bond donors (Lipinski definition) is 1. The second-order valence-electron chi connectivity index (χ2n) is 9.05. The van der Waals surface area contributed by atoms with Gasteiger partial charge in [0.15, 0.2) is 17.0 Å². The molecule has 0 radical (unpaired) electrons. The summed E-state index contributed by atoms with van der Waals surface area (Å²) in [5.74, 6) is -0.134. The van der Waals surface area contributed by atoms with Crippen molar-refractivity contribution < 1.29 is 19.2 Å². The van der Waals surface area contributed by atoms with Crippen LogP contribution in [-0.2, 0) is 16.9 Å². The van der Waals surface area contributed by atoms with Crippen molar-refractivity contribution in [2.45, 2.75) is 24.1 Å². The number of likely N-dealkylation sites (tertiary alicyclic amines) is 1. The molecule has 8 nitrogen and oxygen atoms in total. The topological polar surface area (TPSA) is 93.9 Å². The first-order valence-electron chi connectivity index (χ1n) is 11.4. The van der Waals surface area contributed by atoms with Crippen LogP contribution in [0.5, 0.6) is 11.5 Å². The molecule has 37 heavy (non-hydrogen) atoms. The van der Waals surface area contributed by atoms with E-state index in [-0.39, 0.29) is 11.5 Å². The molecule has 3 aromatic carbocycles. The first kappa shape index (κ1) is 25.8. The maximum atomic E-state index is 13.3. The van der Waals surface area contributed by atoms with E-state index < -0.39 is 23.4 Å². The van der Waals surface area contributed by atoms with Gasteiger partial charge in [-0.15, -0.1) is 0 Å². The van der Waals surface area contributed by atoms with E-state index in [9.17, 15) is 14.9 Å². The first-order valence-corrected chi connectivity index (χ1v) is 12.9. The second-order valence-corrected chi connectivity index (χ2v) is 10.7. The molecular formula is C26H22BrCl2N3O5. The normalized spacial score (nSPS) is 22.7. The van der Waals surface area contributed by atoms with E-state index in [1.54, 1.807) is 60.5 Å². The fourth-order valence-corrected chi connectivity index (χ4v) is 6.35. The Labute approximate surface area is 231 Å². The van der Waals surface area contributed by atoms with E-state index in [2.05, 4.69) is 21.2 Å². The molecule has 3 atom stereocenters. The van der Waals surface area contributed by atoms with Crippen LogP contribution >= 0.6 is 39.1 Å². The molecule has 5 rings (SSSR count). The highest BCUT2D eigenvalue weighted by Crippen LogP contribution is 2.53. The van der Waals surface area contributed by atoms with E-state index in [0.717, 1.165) is 5.56 Å². The van der Waals surface area contributed by atoms with Gasteiger partial charge in [-0.1, -0.05) is 47.5 Å². The van der Waals surface area contributed by atoms with Gasteiger partial charge < -0.3 is 14.8 Å². The molecule has 3 aromatic rings. The van der Waals surface area contributed by atoms with Gasteiger partial charge in [-0.2, -0.15) is 0 Å². The number of likely N-dealkylation sites (N-methyl/N-ethyl adjacent to an activating group) is 1. The van der Waals surface area contributed by atoms with Gasteiger partial charge in [-0.05, 0) is 64.4 Å². The van der Waals surface area contributed by atoms with Gasteiger partial charge in [-0.3, -0.25) is 19.8 Å². The van der Waals surface area contributed by atoms with Gasteiger partial charge in [0.05, 0.1) is 27.5 Å². The number of nitro groups is 1. The quantitative estimate of drug-likeness (QED) is 0.279. The number of hydrogen-bond acceptors (Lipinski definition) is 6. The van der Waals surface area contributed by atoms with Crippen molar-refractivity contribution in [2.24, 2.45) is 0 Å². The highest BCUT2D eigenvalue weighted by Gasteiger charge is 2.68. The summed E-state index contributed by atoms with van der Waals surface area (Å²) in [5, 5.41) is 16.3. The Kier molecular flexibility index (Phi) is 6.83. The summed E-state index contributed by atoms with van der Waals surface area (Å²) in [4.78, 5) is 27.4. The summed E-state index contributed by atoms with van der Waals surface area (Å²) in [6.07, 6.45) is 0. The Hall–Kier alpha value is -2.85. The van der Waals surface area contributed by atoms with Crippen LogP contribution in [0.4, 0.5) is 5.69 Å². The van der Waals surface area contributed by atoms with Crippen LogP contribution in [0.25, 0.3) is 0 Å². The predicted octanol–water partition coefficient (Wildman–Crippen LogP) is 5.87. The number of benzene rings is 3. The van der Waals surface area contributed by atoms with Crippen LogP contribution < -0.4 is 14.8 Å². The summed E-state index contributed by atoms with van der Waals surface area (Å²) in [6, 6.07) is 14.7. The summed E-state index contributed by atoms with van der Waals surface area (Å²) in [7, 11) is 3.25. The standard InChI is InChI=1S/C26H22BrCl2N3O5/c1-31-12-16(24(32(34)35)26(31)17-5-3-4-6-21(17)30-25(26)33)15-10-18(27)23(22(11-15)36-2)37-13-14-7-8-19(28)20(29)9-14/h3-11,16,24H,12-13H2,1-2H3,(H,30,33)/t16-,24+,26+/m0/s1. The molecule has 0 unspecified atom stereocenters. The SMILES string of the molecule is COc1cc([C@@H]2CN(C)[C@@]3(C(=O)Nc4ccccc43)[C@@H]2[N+](=O)[O-])cc(Br)c1OCc1ccc(Cl)c(Cl)c1. The smallest absolute Gasteiger partial charge is 0.256 e. The lowest BCUT2D eigenvalue weighted by atomic mass is 9.79. The number of ether oxygens (including phenoxy) is 2. The van der Waals surface area contributed by atoms with Gasteiger partial charge in [0.1, 0.15) is 6.61 Å². The average Bonchev–Trinajstić information content (AvgIpc) is 3.34. The highest BCUT2D eigenvalue weighted by molar-refractivity contribution is 9.10. The number of carbonyl (C=O) groups is 1. The highest BCUT2D eigenvalue weighted by atomic mass is 79.9. The van der Waals surface area contributed by atoms with Crippen LogP contribution in [0.2, 0.25) is 10.0 Å². The summed E-state index contributed by atoms with van der Waals surface area (Å²) < 4.78 is 12.2. The molecule has 1 N–H and O–H groups in total. The minimum Gasteiger partial charge on any atom is -0.493 e. The zero-order valence-electron chi connectivity index (χ0n) is 19.8. The Morgan fingerprint density at radius 1 is 1.19 bits per heavy atom. The molecule has 0 bridgehead atoms. The molecule has 2 heterocycles. The fourth-order valence-electron chi connectivity index (χ4n) is 5.46. The number of para-hydroxylation sites is 1. The van der Waals surface area contributed by atoms with Crippen LogP contribution in [0, 0.1) is 10.1 Å². The number of amides is 1. The predicted molar refractivity (Wildman–Crippen MR) is 144 cm³/mol. The molecule has 192 valence electrons. The second kappa shape index (κ2) is 9.79. The fraction of sp³-hybridized carbons (Fsp3) is 0.269. The van der Waals surface area contributed by atoms with E-state index in [0.29, 0.717) is 49.4 Å². The van der Waals surface area contributed by atoms with Gasteiger partial charge in [0.2, 0.25) is 0 Å². The van der Waals surface area contributed by atoms with Crippen LogP contribution in [0.15, 0.2) is 59.1 Å². The van der Waals surface area contributed by atoms with Crippen molar-refractivity contribution in [1.82, 2.24) is 4.90 Å².